The van der Waals surface area contributed by atoms with E-state index in [1.54, 1.807) is 30.3 Å². The highest BCUT2D eigenvalue weighted by Gasteiger charge is 2.12. The van der Waals surface area contributed by atoms with Crippen LogP contribution in [0.3, 0.4) is 0 Å². The number of hydrogen-bond acceptors (Lipinski definition) is 6. The van der Waals surface area contributed by atoms with Crippen molar-refractivity contribution in [3.63, 3.8) is 0 Å². The maximum Gasteiger partial charge on any atom is 0.337 e. The summed E-state index contributed by atoms with van der Waals surface area (Å²) < 4.78 is 29.1. The molecule has 8 heteroatoms. The van der Waals surface area contributed by atoms with Gasteiger partial charge in [-0.1, -0.05) is 18.2 Å². The number of carbonyl (C=O) groups excluding carboxylic acids is 2. The van der Waals surface area contributed by atoms with Gasteiger partial charge in [0.1, 0.15) is 24.1 Å². The average Bonchev–Trinajstić information content (AvgIpc) is 2.86. The summed E-state index contributed by atoms with van der Waals surface area (Å²) in [6.45, 7) is 0.143. The summed E-state index contributed by atoms with van der Waals surface area (Å²) in [5, 5.41) is 12.1. The van der Waals surface area contributed by atoms with Crippen molar-refractivity contribution in [2.45, 2.75) is 6.61 Å². The lowest BCUT2D eigenvalue weighted by Crippen LogP contribution is -2.13. The van der Waals surface area contributed by atoms with Crippen molar-refractivity contribution in [3.8, 4) is 17.6 Å². The monoisotopic (exact) mass is 460 g/mol. The molecule has 0 bridgehead atoms. The number of hydrogen-bond donors (Lipinski definition) is 1. The summed E-state index contributed by atoms with van der Waals surface area (Å²) in [6.07, 6.45) is 1.41. The van der Waals surface area contributed by atoms with Gasteiger partial charge in [-0.2, -0.15) is 5.26 Å². The highest BCUT2D eigenvalue weighted by molar-refractivity contribution is 6.09. The molecule has 1 amide bonds. The first kappa shape index (κ1) is 24.0. The van der Waals surface area contributed by atoms with E-state index in [1.807, 2.05) is 6.07 Å². The standard InChI is InChI=1S/C26H21FN2O5/c1-32-24-14-17(6-11-23(24)34-16-18-4-3-5-21(27)13-18)12-20(15-28)25(30)29-22-9-7-19(8-10-22)26(31)33-2/h3-14H,16H2,1-2H3,(H,29,30)/b20-12+. The summed E-state index contributed by atoms with van der Waals surface area (Å²) in [4.78, 5) is 24.1. The average molecular weight is 460 g/mol. The van der Waals surface area contributed by atoms with Crippen LogP contribution in [-0.4, -0.2) is 26.1 Å². The van der Waals surface area contributed by atoms with Crippen LogP contribution < -0.4 is 14.8 Å². The summed E-state index contributed by atoms with van der Waals surface area (Å²) in [5.74, 6) is -0.638. The molecule has 0 unspecified atom stereocenters. The van der Waals surface area contributed by atoms with Crippen LogP contribution in [0.5, 0.6) is 11.5 Å². The Bertz CT molecular complexity index is 1260. The van der Waals surface area contributed by atoms with E-state index in [9.17, 15) is 19.2 Å². The number of nitrogens with one attached hydrogen (secondary N) is 1. The van der Waals surface area contributed by atoms with E-state index in [4.69, 9.17) is 9.47 Å². The molecular weight excluding hydrogens is 439 g/mol. The van der Waals surface area contributed by atoms with Crippen molar-refractivity contribution in [2.75, 3.05) is 19.5 Å². The third-order valence-electron chi connectivity index (χ3n) is 4.71. The smallest absolute Gasteiger partial charge is 0.337 e. The Morgan fingerprint density at radius 2 is 1.79 bits per heavy atom. The van der Waals surface area contributed by atoms with Gasteiger partial charge in [-0.3, -0.25) is 4.79 Å². The number of anilines is 1. The Morgan fingerprint density at radius 1 is 1.03 bits per heavy atom. The second kappa shape index (κ2) is 11.3. The van der Waals surface area contributed by atoms with Gasteiger partial charge in [-0.25, -0.2) is 9.18 Å². The molecule has 1 N–H and O–H groups in total. The molecule has 3 rings (SSSR count). The number of rotatable bonds is 8. The maximum atomic E-state index is 13.3. The molecule has 0 spiro atoms. The molecule has 0 atom stereocenters. The van der Waals surface area contributed by atoms with Gasteiger partial charge < -0.3 is 19.5 Å². The molecule has 0 saturated heterocycles. The third-order valence-corrected chi connectivity index (χ3v) is 4.71. The van der Waals surface area contributed by atoms with Crippen LogP contribution in [0.25, 0.3) is 6.08 Å². The van der Waals surface area contributed by atoms with Crippen molar-refractivity contribution in [1.29, 1.82) is 5.26 Å². The fourth-order valence-corrected chi connectivity index (χ4v) is 3.00. The molecule has 0 fully saturated rings. The van der Waals surface area contributed by atoms with E-state index in [1.165, 1.54) is 56.7 Å². The van der Waals surface area contributed by atoms with E-state index in [0.29, 0.717) is 33.9 Å². The number of nitriles is 1. The SMILES string of the molecule is COC(=O)c1ccc(NC(=O)/C(C#N)=C/c2ccc(OCc3cccc(F)c3)c(OC)c2)cc1. The molecule has 7 nitrogen and oxygen atoms in total. The van der Waals surface area contributed by atoms with Crippen molar-refractivity contribution < 1.29 is 28.2 Å². The lowest BCUT2D eigenvalue weighted by Gasteiger charge is -2.12. The number of ether oxygens (including phenoxy) is 3. The van der Waals surface area contributed by atoms with Crippen molar-refractivity contribution >= 4 is 23.6 Å². The van der Waals surface area contributed by atoms with E-state index in [0.717, 1.165) is 0 Å². The zero-order chi connectivity index (χ0) is 24.5. The number of nitrogens with zero attached hydrogens (tertiary/aromatic N) is 1. The maximum absolute atomic E-state index is 13.3. The van der Waals surface area contributed by atoms with E-state index < -0.39 is 11.9 Å². The number of benzene rings is 3. The number of methoxy groups -OCH3 is 2. The minimum absolute atomic E-state index is 0.132. The lowest BCUT2D eigenvalue weighted by atomic mass is 10.1. The predicted molar refractivity (Wildman–Crippen MR) is 124 cm³/mol. The summed E-state index contributed by atoms with van der Waals surface area (Å²) >= 11 is 0. The highest BCUT2D eigenvalue weighted by atomic mass is 19.1. The molecular formula is C26H21FN2O5. The van der Waals surface area contributed by atoms with E-state index in [-0.39, 0.29) is 18.0 Å². The molecule has 172 valence electrons. The van der Waals surface area contributed by atoms with Crippen LogP contribution in [0, 0.1) is 17.1 Å². The molecule has 0 aliphatic carbocycles. The molecule has 3 aromatic carbocycles. The van der Waals surface area contributed by atoms with Crippen LogP contribution in [0.4, 0.5) is 10.1 Å². The summed E-state index contributed by atoms with van der Waals surface area (Å²) in [6, 6.07) is 19.0. The Morgan fingerprint density at radius 3 is 2.44 bits per heavy atom. The molecule has 0 saturated carbocycles. The lowest BCUT2D eigenvalue weighted by molar-refractivity contribution is -0.112. The van der Waals surface area contributed by atoms with Crippen molar-refractivity contribution in [1.82, 2.24) is 0 Å². The first-order valence-corrected chi connectivity index (χ1v) is 10.1. The molecule has 0 radical (unpaired) electrons. The first-order valence-electron chi connectivity index (χ1n) is 10.1. The van der Waals surface area contributed by atoms with Gasteiger partial charge in [-0.15, -0.1) is 0 Å². The van der Waals surface area contributed by atoms with Gasteiger partial charge >= 0.3 is 5.97 Å². The van der Waals surface area contributed by atoms with Crippen LogP contribution in [-0.2, 0) is 16.1 Å². The topological polar surface area (TPSA) is 97.7 Å². The van der Waals surface area contributed by atoms with E-state index in [2.05, 4.69) is 10.1 Å². The number of halogens is 1. The third kappa shape index (κ3) is 6.20. The molecule has 0 aromatic heterocycles. The minimum atomic E-state index is -0.612. The number of amides is 1. The zero-order valence-corrected chi connectivity index (χ0v) is 18.5. The summed E-state index contributed by atoms with van der Waals surface area (Å²) in [7, 11) is 2.74. The number of esters is 1. The highest BCUT2D eigenvalue weighted by Crippen LogP contribution is 2.30. The Balaban J connectivity index is 1.72. The van der Waals surface area contributed by atoms with Crippen LogP contribution in [0.2, 0.25) is 0 Å². The largest absolute Gasteiger partial charge is 0.493 e. The molecule has 0 aliphatic rings. The Labute approximate surface area is 196 Å². The van der Waals surface area contributed by atoms with Crippen LogP contribution >= 0.6 is 0 Å². The van der Waals surface area contributed by atoms with Crippen molar-refractivity contribution in [3.05, 3.63) is 94.8 Å². The summed E-state index contributed by atoms with van der Waals surface area (Å²) in [5.41, 5.74) is 1.82. The van der Waals surface area contributed by atoms with Gasteiger partial charge in [0.2, 0.25) is 0 Å². The molecule has 3 aromatic rings. The van der Waals surface area contributed by atoms with Crippen molar-refractivity contribution in [2.24, 2.45) is 0 Å². The van der Waals surface area contributed by atoms with Gasteiger partial charge in [0, 0.05) is 5.69 Å². The molecule has 0 aliphatic heterocycles. The van der Waals surface area contributed by atoms with E-state index >= 15 is 0 Å². The van der Waals surface area contributed by atoms with Gasteiger partial charge in [0.25, 0.3) is 5.91 Å². The normalized spacial score (nSPS) is 10.7. The Kier molecular flexibility index (Phi) is 7.97. The second-order valence-electron chi connectivity index (χ2n) is 7.02. The second-order valence-corrected chi connectivity index (χ2v) is 7.02. The molecule has 0 heterocycles. The van der Waals surface area contributed by atoms with Gasteiger partial charge in [0.05, 0.1) is 19.8 Å². The zero-order valence-electron chi connectivity index (χ0n) is 18.5. The van der Waals surface area contributed by atoms with Crippen LogP contribution in [0.15, 0.2) is 72.3 Å². The van der Waals surface area contributed by atoms with Crippen LogP contribution in [0.1, 0.15) is 21.5 Å². The number of carbonyl (C=O) groups is 2. The molecule has 34 heavy (non-hydrogen) atoms. The van der Waals surface area contributed by atoms with Gasteiger partial charge in [-0.05, 0) is 65.7 Å². The fraction of sp³-hybridized carbons (Fsp3) is 0.115. The predicted octanol–water partition coefficient (Wildman–Crippen LogP) is 4.75. The minimum Gasteiger partial charge on any atom is -0.493 e. The fourth-order valence-electron chi connectivity index (χ4n) is 3.00. The van der Waals surface area contributed by atoms with Gasteiger partial charge in [0.15, 0.2) is 11.5 Å². The quantitative estimate of drug-likeness (QED) is 0.296. The first-order chi connectivity index (χ1) is 16.4. The Hall–Kier alpha value is -4.64.